The van der Waals surface area contributed by atoms with E-state index in [1.807, 2.05) is 0 Å². The number of rotatable bonds is 0. The Balaban J connectivity index is -0.000000001000. The zero-order valence-electron chi connectivity index (χ0n) is 6.92. The highest BCUT2D eigenvalue weighted by Gasteiger charge is 1.65. The van der Waals surface area contributed by atoms with Crippen molar-refractivity contribution in [3.63, 3.8) is 0 Å². The Morgan fingerprint density at radius 1 is 0.714 bits per heavy atom. The van der Waals surface area contributed by atoms with Crippen LogP contribution in [0.3, 0.4) is 0 Å². The van der Waals surface area contributed by atoms with Gasteiger partial charge in [-0.1, -0.05) is 0 Å². The lowest BCUT2D eigenvalue weighted by molar-refractivity contribution is -0.742. The van der Waals surface area contributed by atoms with Crippen LogP contribution < -0.4 is 6.15 Å². The summed E-state index contributed by atoms with van der Waals surface area (Å²) in [6.45, 7) is 0. The van der Waals surface area contributed by atoms with Crippen molar-refractivity contribution in [2.45, 2.75) is 0 Å². The zero-order valence-corrected chi connectivity index (χ0v) is 6.92. The summed E-state index contributed by atoms with van der Waals surface area (Å²) in [6, 6.07) is 0. The smallest absolute Gasteiger partial charge is 0.291 e. The molecular formula is H22N2O12. The summed E-state index contributed by atoms with van der Waals surface area (Å²) in [5, 5.41) is 13.6. The van der Waals surface area contributed by atoms with Gasteiger partial charge in [0.2, 0.25) is 0 Å². The Morgan fingerprint density at radius 2 is 0.714 bits per heavy atom. The summed E-state index contributed by atoms with van der Waals surface area (Å²) in [4.78, 5) is 8.36. The van der Waals surface area contributed by atoms with Crippen LogP contribution in [0.15, 0.2) is 0 Å². The number of hydrogen-bond acceptors (Lipinski definition) is 3. The second-order valence-electron chi connectivity index (χ2n) is 0.238. The quantitative estimate of drug-likeness (QED) is 0.308. The molecular weight excluding hydrogens is 220 g/mol. The van der Waals surface area contributed by atoms with Crippen LogP contribution in [-0.2, 0) is 0 Å². The first-order chi connectivity index (χ1) is 1.73. The summed E-state index contributed by atoms with van der Waals surface area (Å²) in [6.07, 6.45) is 0. The maximum atomic E-state index is 8.36. The fourth-order valence-electron chi connectivity index (χ4n) is 0. The molecule has 22 N–H and O–H groups in total. The largest absolute Gasteiger partial charge is 0.412 e. The van der Waals surface area contributed by atoms with Crippen LogP contribution in [0.5, 0.6) is 0 Å². The highest BCUT2D eigenvalue weighted by Crippen LogP contribution is 1.38. The molecule has 0 fully saturated rings. The second-order valence-corrected chi connectivity index (χ2v) is 0.238. The number of nitrogens with zero attached hydrogens (tertiary/aromatic N) is 1. The lowest BCUT2D eigenvalue weighted by Gasteiger charge is -1.56. The van der Waals surface area contributed by atoms with Crippen molar-refractivity contribution in [2.75, 3.05) is 0 Å². The third-order valence-corrected chi connectivity index (χ3v) is 0. The van der Waals surface area contributed by atoms with Crippen LogP contribution in [0.1, 0.15) is 0 Å². The van der Waals surface area contributed by atoms with Crippen molar-refractivity contribution >= 4 is 0 Å². The summed E-state index contributed by atoms with van der Waals surface area (Å²) in [5.74, 6) is 0. The van der Waals surface area contributed by atoms with E-state index in [-0.39, 0.29) is 55.4 Å². The number of hydrogen-bond donors (Lipinski definition) is 2. The highest BCUT2D eigenvalue weighted by atomic mass is 16.9. The Labute approximate surface area is 77.2 Å². The summed E-state index contributed by atoms with van der Waals surface area (Å²) in [7, 11) is 0. The molecule has 0 bridgehead atoms. The van der Waals surface area contributed by atoms with Crippen molar-refractivity contribution in [1.82, 2.24) is 6.15 Å². The van der Waals surface area contributed by atoms with Gasteiger partial charge in [-0.2, -0.15) is 0 Å². The van der Waals surface area contributed by atoms with E-state index in [4.69, 9.17) is 15.3 Å². The molecule has 14 heavy (non-hydrogen) atoms. The topological polar surface area (TPSA) is 382 Å². The van der Waals surface area contributed by atoms with Crippen LogP contribution in [0.2, 0.25) is 0 Å². The highest BCUT2D eigenvalue weighted by molar-refractivity contribution is 3.83. The molecule has 0 atom stereocenters. The van der Waals surface area contributed by atoms with Gasteiger partial charge in [0.05, 0.1) is 0 Å². The van der Waals surface area contributed by atoms with Gasteiger partial charge < -0.3 is 60.6 Å². The van der Waals surface area contributed by atoms with E-state index in [9.17, 15) is 0 Å². The third kappa shape index (κ3) is 720. The van der Waals surface area contributed by atoms with Crippen molar-refractivity contribution in [1.29, 1.82) is 0 Å². The molecule has 0 aliphatic rings. The molecule has 0 aromatic carbocycles. The minimum Gasteiger partial charge on any atom is -0.412 e. The average molecular weight is 242 g/mol. The first-order valence-electron chi connectivity index (χ1n) is 0.565. The normalized spacial score (nSPS) is 1.71. The Bertz CT molecular complexity index is 31.3. The molecule has 0 unspecified atom stereocenters. The van der Waals surface area contributed by atoms with E-state index in [2.05, 4.69) is 0 Å². The summed E-state index contributed by atoms with van der Waals surface area (Å²) in [5.41, 5.74) is 0. The molecule has 0 aliphatic carbocycles. The SMILES string of the molecule is N.O.O.O.O.O.O.O.O.O.O=[N+]([O-])O. The average Bonchev–Trinajstić information content (AvgIpc) is 0.811. The van der Waals surface area contributed by atoms with Gasteiger partial charge in [-0.05, 0) is 0 Å². The Kier molecular flexibility index (Phi) is 16700. The summed E-state index contributed by atoms with van der Waals surface area (Å²) >= 11 is 0. The molecule has 0 saturated heterocycles. The minimum atomic E-state index is -1.50. The molecule has 0 heterocycles. The fourth-order valence-corrected chi connectivity index (χ4v) is 0. The van der Waals surface area contributed by atoms with E-state index < -0.39 is 5.09 Å². The lowest BCUT2D eigenvalue weighted by Crippen LogP contribution is -1.81. The van der Waals surface area contributed by atoms with E-state index in [0.717, 1.165) is 0 Å². The van der Waals surface area contributed by atoms with Gasteiger partial charge in [-0.3, -0.25) is 0 Å². The zero-order chi connectivity index (χ0) is 3.58. The van der Waals surface area contributed by atoms with Crippen LogP contribution in [0.25, 0.3) is 0 Å². The lowest BCUT2D eigenvalue weighted by atomic mass is 13.1. The van der Waals surface area contributed by atoms with E-state index in [1.54, 1.807) is 0 Å². The molecule has 14 nitrogen and oxygen atoms in total. The van der Waals surface area contributed by atoms with Crippen molar-refractivity contribution in [2.24, 2.45) is 0 Å². The van der Waals surface area contributed by atoms with Crippen LogP contribution in [0, 0.1) is 10.1 Å². The molecule has 0 amide bonds. The van der Waals surface area contributed by atoms with Gasteiger partial charge in [0, 0.05) is 0 Å². The maximum absolute atomic E-state index is 8.36. The van der Waals surface area contributed by atoms with Crippen LogP contribution in [-0.4, -0.2) is 59.6 Å². The molecule has 0 aromatic rings. The van der Waals surface area contributed by atoms with Gasteiger partial charge in [0.1, 0.15) is 0 Å². The molecule has 104 valence electrons. The predicted octanol–water partition coefficient (Wildman–Crippen LogP) is -7.61. The van der Waals surface area contributed by atoms with Crippen LogP contribution in [0.4, 0.5) is 0 Å². The first-order valence-corrected chi connectivity index (χ1v) is 0.565. The van der Waals surface area contributed by atoms with Crippen molar-refractivity contribution < 1.29 is 59.6 Å². The molecule has 14 heteroatoms. The third-order valence-electron chi connectivity index (χ3n) is 0. The molecule has 0 rings (SSSR count). The van der Waals surface area contributed by atoms with Crippen LogP contribution >= 0.6 is 0 Å². The van der Waals surface area contributed by atoms with Gasteiger partial charge >= 0.3 is 0 Å². The molecule has 0 aromatic heterocycles. The van der Waals surface area contributed by atoms with E-state index >= 15 is 0 Å². The fraction of sp³-hybridized carbons (Fsp3) is 0. The first kappa shape index (κ1) is 550. The molecule has 0 saturated carbocycles. The monoisotopic (exact) mass is 242 g/mol. The van der Waals surface area contributed by atoms with E-state index in [1.165, 1.54) is 0 Å². The molecule has 0 radical (unpaired) electrons. The van der Waals surface area contributed by atoms with Gasteiger partial charge in [0.15, 0.2) is 0 Å². The van der Waals surface area contributed by atoms with Gasteiger partial charge in [-0.15, -0.1) is 10.1 Å². The summed E-state index contributed by atoms with van der Waals surface area (Å²) < 4.78 is 0. The molecule has 0 spiro atoms. The Morgan fingerprint density at radius 3 is 0.714 bits per heavy atom. The standard InChI is InChI=1S/HNO3.H3N.9H2O/c2-1(3)4;;;;;;;;;;/h(H,2,3,4);1H3;9*1H2. The van der Waals surface area contributed by atoms with E-state index in [0.29, 0.717) is 0 Å². The molecule has 0 aliphatic heterocycles. The Hall–Kier alpha value is -1.20. The van der Waals surface area contributed by atoms with Gasteiger partial charge in [0.25, 0.3) is 5.09 Å². The maximum Gasteiger partial charge on any atom is 0.291 e. The second kappa shape index (κ2) is 425. The minimum absolute atomic E-state index is 0. The van der Waals surface area contributed by atoms with Gasteiger partial charge in [-0.25, -0.2) is 0 Å². The van der Waals surface area contributed by atoms with Crippen molar-refractivity contribution in [3.05, 3.63) is 10.1 Å². The predicted molar refractivity (Wildman–Crippen MR) is 46.3 cm³/mol. The van der Waals surface area contributed by atoms with Crippen molar-refractivity contribution in [3.8, 4) is 0 Å².